The van der Waals surface area contributed by atoms with Gasteiger partial charge < -0.3 is 15.0 Å². The number of fused-ring (bicyclic) bond motifs is 1. The van der Waals surface area contributed by atoms with Crippen LogP contribution in [0.2, 0.25) is 0 Å². The van der Waals surface area contributed by atoms with Gasteiger partial charge in [0.2, 0.25) is 0 Å². The van der Waals surface area contributed by atoms with E-state index >= 15 is 0 Å². The minimum absolute atomic E-state index is 0.0276. The monoisotopic (exact) mass is 310 g/mol. The van der Waals surface area contributed by atoms with Gasteiger partial charge in [0, 0.05) is 17.2 Å². The van der Waals surface area contributed by atoms with E-state index in [1.54, 1.807) is 12.3 Å². The van der Waals surface area contributed by atoms with Crippen molar-refractivity contribution >= 4 is 21.8 Å². The van der Waals surface area contributed by atoms with Gasteiger partial charge in [-0.1, -0.05) is 0 Å². The van der Waals surface area contributed by atoms with Gasteiger partial charge in [-0.05, 0) is 52.6 Å². The first-order valence-corrected chi connectivity index (χ1v) is 7.27. The van der Waals surface area contributed by atoms with Gasteiger partial charge in [0.05, 0.1) is 12.1 Å². The van der Waals surface area contributed by atoms with Crippen LogP contribution in [0.4, 0.5) is 0 Å². The lowest BCUT2D eigenvalue weighted by atomic mass is 9.88. The molecule has 96 valence electrons. The third-order valence-corrected chi connectivity index (χ3v) is 5.45. The predicted octanol–water partition coefficient (Wildman–Crippen LogP) is 1.62. The quantitative estimate of drug-likeness (QED) is 0.828. The Morgan fingerprint density at radius 2 is 2.28 bits per heavy atom. The maximum Gasteiger partial charge on any atom is 0.270 e. The van der Waals surface area contributed by atoms with E-state index in [1.807, 2.05) is 4.90 Å². The molecule has 5 atom stereocenters. The summed E-state index contributed by atoms with van der Waals surface area (Å²) in [6, 6.07) is 1.87. The zero-order chi connectivity index (χ0) is 12.4. The molecule has 1 aromatic rings. The lowest BCUT2D eigenvalue weighted by Crippen LogP contribution is -2.43. The van der Waals surface area contributed by atoms with E-state index in [4.69, 9.17) is 0 Å². The molecular formula is C13H15BrN2O2. The van der Waals surface area contributed by atoms with Gasteiger partial charge in [-0.25, -0.2) is 0 Å². The van der Waals surface area contributed by atoms with Crippen LogP contribution in [-0.4, -0.2) is 39.6 Å². The number of nitrogens with zero attached hydrogens (tertiary/aromatic N) is 1. The molecular weight excluding hydrogens is 296 g/mol. The topological polar surface area (TPSA) is 56.3 Å². The van der Waals surface area contributed by atoms with Crippen molar-refractivity contribution in [3.63, 3.8) is 0 Å². The molecule has 0 aromatic carbocycles. The summed E-state index contributed by atoms with van der Waals surface area (Å²) in [4.78, 5) is 17.4. The molecule has 5 unspecified atom stereocenters. The van der Waals surface area contributed by atoms with Crippen LogP contribution < -0.4 is 0 Å². The number of hydrogen-bond donors (Lipinski definition) is 2. The van der Waals surface area contributed by atoms with Crippen LogP contribution in [0.25, 0.3) is 0 Å². The summed E-state index contributed by atoms with van der Waals surface area (Å²) in [5.74, 6) is 1.61. The van der Waals surface area contributed by atoms with Gasteiger partial charge in [-0.2, -0.15) is 0 Å². The number of carbonyl (C=O) groups is 1. The van der Waals surface area contributed by atoms with E-state index in [0.29, 0.717) is 23.4 Å². The molecule has 5 heteroatoms. The molecule has 2 bridgehead atoms. The molecule has 4 rings (SSSR count). The summed E-state index contributed by atoms with van der Waals surface area (Å²) < 4.78 is 0.887. The number of likely N-dealkylation sites (tertiary alicyclic amines) is 1. The molecule has 0 radical (unpaired) electrons. The Balaban J connectivity index is 1.65. The fourth-order valence-electron chi connectivity index (χ4n) is 4.30. The highest BCUT2D eigenvalue weighted by molar-refractivity contribution is 9.10. The zero-order valence-corrected chi connectivity index (χ0v) is 11.4. The van der Waals surface area contributed by atoms with Crippen molar-refractivity contribution in [3.05, 3.63) is 22.4 Å². The summed E-state index contributed by atoms with van der Waals surface area (Å²) in [5.41, 5.74) is 0.610. The van der Waals surface area contributed by atoms with Gasteiger partial charge in [-0.15, -0.1) is 0 Å². The minimum atomic E-state index is -0.309. The van der Waals surface area contributed by atoms with Crippen LogP contribution in [0.3, 0.4) is 0 Å². The molecule has 2 aliphatic carbocycles. The molecule has 1 aliphatic heterocycles. The number of hydrogen-bond acceptors (Lipinski definition) is 2. The summed E-state index contributed by atoms with van der Waals surface area (Å²) in [5, 5.41) is 10.3. The second-order valence-electron chi connectivity index (χ2n) is 5.83. The van der Waals surface area contributed by atoms with Gasteiger partial charge in [-0.3, -0.25) is 4.79 Å². The molecule has 2 saturated carbocycles. The highest BCUT2D eigenvalue weighted by Gasteiger charge is 2.60. The van der Waals surface area contributed by atoms with Crippen molar-refractivity contribution < 1.29 is 9.90 Å². The van der Waals surface area contributed by atoms with Gasteiger partial charge in [0.15, 0.2) is 0 Å². The van der Waals surface area contributed by atoms with Crippen LogP contribution in [0.5, 0.6) is 0 Å². The number of halogens is 1. The lowest BCUT2D eigenvalue weighted by Gasteiger charge is -2.28. The Hall–Kier alpha value is -0.810. The molecule has 2 heterocycles. The number of aliphatic hydroxyl groups excluding tert-OH is 1. The largest absolute Gasteiger partial charge is 0.391 e. The number of aromatic amines is 1. The third-order valence-electron chi connectivity index (χ3n) is 4.99. The number of carbonyl (C=O) groups excluding carboxylic acids is 1. The highest BCUT2D eigenvalue weighted by atomic mass is 79.9. The summed E-state index contributed by atoms with van der Waals surface area (Å²) in [6.07, 6.45) is 3.66. The van der Waals surface area contributed by atoms with Gasteiger partial charge in [0.1, 0.15) is 5.69 Å². The van der Waals surface area contributed by atoms with Crippen molar-refractivity contribution in [2.45, 2.75) is 25.0 Å². The van der Waals surface area contributed by atoms with Crippen molar-refractivity contribution in [1.29, 1.82) is 0 Å². The van der Waals surface area contributed by atoms with Gasteiger partial charge in [0.25, 0.3) is 5.91 Å². The Labute approximate surface area is 113 Å². The first-order valence-electron chi connectivity index (χ1n) is 6.48. The van der Waals surface area contributed by atoms with E-state index in [0.717, 1.165) is 23.9 Å². The van der Waals surface area contributed by atoms with E-state index < -0.39 is 0 Å². The van der Waals surface area contributed by atoms with Crippen molar-refractivity contribution in [2.75, 3.05) is 6.54 Å². The highest BCUT2D eigenvalue weighted by Crippen LogP contribution is 2.55. The van der Waals surface area contributed by atoms with Crippen molar-refractivity contribution in [3.8, 4) is 0 Å². The van der Waals surface area contributed by atoms with E-state index in [-0.39, 0.29) is 18.1 Å². The number of amides is 1. The molecule has 1 aromatic heterocycles. The normalized spacial score (nSPS) is 40.8. The summed E-state index contributed by atoms with van der Waals surface area (Å²) in [7, 11) is 0. The van der Waals surface area contributed by atoms with Crippen molar-refractivity contribution in [1.82, 2.24) is 9.88 Å². The Kier molecular flexibility index (Phi) is 2.21. The smallest absolute Gasteiger partial charge is 0.270 e. The molecule has 18 heavy (non-hydrogen) atoms. The fourth-order valence-corrected chi connectivity index (χ4v) is 4.64. The Bertz CT molecular complexity index is 513. The lowest BCUT2D eigenvalue weighted by molar-refractivity contribution is 0.0398. The maximum atomic E-state index is 12.5. The number of H-pyrrole nitrogens is 1. The first kappa shape index (κ1) is 11.1. The van der Waals surface area contributed by atoms with Crippen LogP contribution in [0.1, 0.15) is 23.3 Å². The maximum absolute atomic E-state index is 12.5. The average Bonchev–Trinajstić information content (AvgIpc) is 3.01. The minimum Gasteiger partial charge on any atom is -0.391 e. The van der Waals surface area contributed by atoms with E-state index in [2.05, 4.69) is 20.9 Å². The second-order valence-corrected chi connectivity index (χ2v) is 6.74. The molecule has 3 fully saturated rings. The molecule has 4 nitrogen and oxygen atoms in total. The average molecular weight is 311 g/mol. The predicted molar refractivity (Wildman–Crippen MR) is 69.0 cm³/mol. The van der Waals surface area contributed by atoms with E-state index in [1.165, 1.54) is 0 Å². The summed E-state index contributed by atoms with van der Waals surface area (Å²) >= 11 is 3.35. The Morgan fingerprint density at radius 1 is 1.44 bits per heavy atom. The summed E-state index contributed by atoms with van der Waals surface area (Å²) in [6.45, 7) is 0.818. The van der Waals surface area contributed by atoms with Gasteiger partial charge >= 0.3 is 0 Å². The number of rotatable bonds is 1. The number of aromatic nitrogens is 1. The Morgan fingerprint density at radius 3 is 2.94 bits per heavy atom. The van der Waals surface area contributed by atoms with Crippen molar-refractivity contribution in [2.24, 2.45) is 17.8 Å². The first-order chi connectivity index (χ1) is 8.65. The SMILES string of the molecule is O=C(c1cc(Br)c[nH]1)N1CC2CC3CC2C1C3O. The zero-order valence-electron chi connectivity index (χ0n) is 9.84. The fraction of sp³-hybridized carbons (Fsp3) is 0.615. The van der Waals surface area contributed by atoms with Crippen LogP contribution in [-0.2, 0) is 0 Å². The van der Waals surface area contributed by atoms with Crippen LogP contribution in [0.15, 0.2) is 16.7 Å². The number of aliphatic hydroxyl groups is 1. The molecule has 0 spiro atoms. The molecule has 1 saturated heterocycles. The standard InChI is InChI=1S/C13H15BrN2O2/c14-8-3-10(15-4-8)13(18)16-5-7-1-6-2-9(7)11(16)12(6)17/h3-4,6-7,9,11-12,15,17H,1-2,5H2. The van der Waals surface area contributed by atoms with E-state index in [9.17, 15) is 9.90 Å². The molecule has 3 aliphatic rings. The third kappa shape index (κ3) is 1.32. The second kappa shape index (κ2) is 3.61. The molecule has 2 N–H and O–H groups in total. The van der Waals surface area contributed by atoms with Crippen LogP contribution >= 0.6 is 15.9 Å². The molecule has 1 amide bonds. The van der Waals surface area contributed by atoms with Crippen LogP contribution in [0, 0.1) is 17.8 Å². The number of nitrogens with one attached hydrogen (secondary N) is 1.